The number of hydrogen-bond donors (Lipinski definition) is 2. The van der Waals surface area contributed by atoms with E-state index in [9.17, 15) is 0 Å². The lowest BCUT2D eigenvalue weighted by Crippen LogP contribution is -2.26. The van der Waals surface area contributed by atoms with Crippen LogP contribution in [0.15, 0.2) is 18.2 Å². The molecule has 0 spiro atoms. The highest BCUT2D eigenvalue weighted by molar-refractivity contribution is 7.15. The number of nitrogens with zero attached hydrogens (tertiary/aromatic N) is 2. The largest absolute Gasteiger partial charge is 0.354 e. The van der Waals surface area contributed by atoms with Crippen molar-refractivity contribution in [3.8, 4) is 10.6 Å². The summed E-state index contributed by atoms with van der Waals surface area (Å²) in [4.78, 5) is 4.80. The van der Waals surface area contributed by atoms with Gasteiger partial charge in [0.15, 0.2) is 5.82 Å². The van der Waals surface area contributed by atoms with Crippen LogP contribution in [0.2, 0.25) is 0 Å². The van der Waals surface area contributed by atoms with E-state index >= 15 is 0 Å². The summed E-state index contributed by atoms with van der Waals surface area (Å²) in [5, 5.41) is 7.48. The first-order valence-corrected chi connectivity index (χ1v) is 6.67. The van der Waals surface area contributed by atoms with Crippen LogP contribution in [0.4, 0.5) is 5.82 Å². The Morgan fingerprint density at radius 2 is 2.41 bits per heavy atom. The molecular formula is C12H16N4S. The minimum Gasteiger partial charge on any atom is -0.354 e. The molecule has 1 fully saturated rings. The molecule has 90 valence electrons. The SMILES string of the molecule is Cc1ccc(-c2cc(N3CCC(N)C3)n[nH]2)s1. The van der Waals surface area contributed by atoms with E-state index in [1.54, 1.807) is 11.3 Å². The molecule has 0 radical (unpaired) electrons. The molecule has 5 heteroatoms. The first kappa shape index (κ1) is 10.8. The van der Waals surface area contributed by atoms with Gasteiger partial charge in [0.1, 0.15) is 0 Å². The summed E-state index contributed by atoms with van der Waals surface area (Å²) in [6.07, 6.45) is 1.06. The predicted octanol–water partition coefficient (Wildman–Crippen LogP) is 1.98. The zero-order valence-electron chi connectivity index (χ0n) is 9.81. The molecule has 0 amide bonds. The number of aromatic amines is 1. The number of anilines is 1. The molecule has 0 aliphatic carbocycles. The molecule has 2 aromatic heterocycles. The molecule has 1 atom stereocenters. The second-order valence-electron chi connectivity index (χ2n) is 4.54. The minimum absolute atomic E-state index is 0.291. The second kappa shape index (κ2) is 4.16. The highest BCUT2D eigenvalue weighted by Crippen LogP contribution is 2.29. The summed E-state index contributed by atoms with van der Waals surface area (Å²) in [7, 11) is 0. The second-order valence-corrected chi connectivity index (χ2v) is 5.83. The van der Waals surface area contributed by atoms with Gasteiger partial charge in [-0.2, -0.15) is 5.10 Å². The smallest absolute Gasteiger partial charge is 0.151 e. The third kappa shape index (κ3) is 2.08. The summed E-state index contributed by atoms with van der Waals surface area (Å²) in [5.41, 5.74) is 7.00. The number of aromatic nitrogens is 2. The monoisotopic (exact) mass is 248 g/mol. The van der Waals surface area contributed by atoms with Gasteiger partial charge in [0, 0.05) is 30.1 Å². The van der Waals surface area contributed by atoms with Gasteiger partial charge in [0.05, 0.1) is 10.6 Å². The van der Waals surface area contributed by atoms with Gasteiger partial charge < -0.3 is 10.6 Å². The molecule has 3 N–H and O–H groups in total. The maximum absolute atomic E-state index is 5.91. The van der Waals surface area contributed by atoms with Crippen molar-refractivity contribution in [1.29, 1.82) is 0 Å². The lowest BCUT2D eigenvalue weighted by molar-refractivity contribution is 0.751. The Bertz CT molecular complexity index is 516. The van der Waals surface area contributed by atoms with Gasteiger partial charge in [-0.1, -0.05) is 0 Å². The van der Waals surface area contributed by atoms with Crippen LogP contribution in [0, 0.1) is 6.92 Å². The number of aryl methyl sites for hydroxylation is 1. The average Bonchev–Trinajstić information content (AvgIpc) is 2.96. The first-order valence-electron chi connectivity index (χ1n) is 5.85. The van der Waals surface area contributed by atoms with Crippen molar-refractivity contribution < 1.29 is 0 Å². The Kier molecular flexibility index (Phi) is 2.64. The molecule has 3 rings (SSSR count). The summed E-state index contributed by atoms with van der Waals surface area (Å²) in [6.45, 7) is 4.04. The highest BCUT2D eigenvalue weighted by Gasteiger charge is 2.21. The van der Waals surface area contributed by atoms with Gasteiger partial charge in [0.25, 0.3) is 0 Å². The van der Waals surface area contributed by atoms with Crippen molar-refractivity contribution in [2.75, 3.05) is 18.0 Å². The van der Waals surface area contributed by atoms with Crippen LogP contribution in [-0.2, 0) is 0 Å². The van der Waals surface area contributed by atoms with E-state index < -0.39 is 0 Å². The normalized spacial score (nSPS) is 20.1. The van der Waals surface area contributed by atoms with Gasteiger partial charge >= 0.3 is 0 Å². The van der Waals surface area contributed by atoms with Gasteiger partial charge in [-0.05, 0) is 25.5 Å². The molecule has 1 saturated heterocycles. The van der Waals surface area contributed by atoms with E-state index in [0.717, 1.165) is 31.0 Å². The Hall–Kier alpha value is -1.33. The molecule has 1 aliphatic heterocycles. The van der Waals surface area contributed by atoms with Gasteiger partial charge in [-0.25, -0.2) is 0 Å². The third-order valence-electron chi connectivity index (χ3n) is 3.12. The number of nitrogens with one attached hydrogen (secondary N) is 1. The molecule has 1 unspecified atom stereocenters. The van der Waals surface area contributed by atoms with Crippen molar-refractivity contribution in [3.63, 3.8) is 0 Å². The molecule has 0 aromatic carbocycles. The first-order chi connectivity index (χ1) is 8.22. The number of H-pyrrole nitrogens is 1. The zero-order valence-corrected chi connectivity index (χ0v) is 10.6. The lowest BCUT2D eigenvalue weighted by Gasteiger charge is -2.13. The van der Waals surface area contributed by atoms with Gasteiger partial charge in [0.2, 0.25) is 0 Å². The molecule has 2 aromatic rings. The number of thiophene rings is 1. The fraction of sp³-hybridized carbons (Fsp3) is 0.417. The highest BCUT2D eigenvalue weighted by atomic mass is 32.1. The van der Waals surface area contributed by atoms with Crippen LogP contribution in [0.25, 0.3) is 10.6 Å². The number of rotatable bonds is 2. The van der Waals surface area contributed by atoms with Crippen LogP contribution in [0.3, 0.4) is 0 Å². The molecule has 1 aliphatic rings. The van der Waals surface area contributed by atoms with E-state index in [4.69, 9.17) is 5.73 Å². The van der Waals surface area contributed by atoms with E-state index in [0.29, 0.717) is 6.04 Å². The minimum atomic E-state index is 0.291. The van der Waals surface area contributed by atoms with Crippen molar-refractivity contribution in [1.82, 2.24) is 10.2 Å². The Morgan fingerprint density at radius 1 is 1.53 bits per heavy atom. The van der Waals surface area contributed by atoms with Gasteiger partial charge in [-0.15, -0.1) is 11.3 Å². The summed E-state index contributed by atoms with van der Waals surface area (Å²) < 4.78 is 0. The fourth-order valence-corrected chi connectivity index (χ4v) is 3.01. The van der Waals surface area contributed by atoms with Crippen LogP contribution < -0.4 is 10.6 Å². The van der Waals surface area contributed by atoms with Crippen molar-refractivity contribution in [2.45, 2.75) is 19.4 Å². The van der Waals surface area contributed by atoms with E-state index in [-0.39, 0.29) is 0 Å². The van der Waals surface area contributed by atoms with E-state index in [2.05, 4.69) is 40.2 Å². The number of nitrogens with two attached hydrogens (primary N) is 1. The van der Waals surface area contributed by atoms with Crippen LogP contribution in [0.5, 0.6) is 0 Å². The molecule has 0 bridgehead atoms. The molecule has 4 nitrogen and oxygen atoms in total. The molecular weight excluding hydrogens is 232 g/mol. The van der Waals surface area contributed by atoms with Crippen LogP contribution in [-0.4, -0.2) is 29.3 Å². The Balaban J connectivity index is 1.83. The van der Waals surface area contributed by atoms with Crippen molar-refractivity contribution >= 4 is 17.2 Å². The van der Waals surface area contributed by atoms with Crippen LogP contribution >= 0.6 is 11.3 Å². The lowest BCUT2D eigenvalue weighted by atomic mass is 10.3. The fourth-order valence-electron chi connectivity index (χ4n) is 2.17. The average molecular weight is 248 g/mol. The number of hydrogen-bond acceptors (Lipinski definition) is 4. The maximum Gasteiger partial charge on any atom is 0.151 e. The van der Waals surface area contributed by atoms with Crippen LogP contribution in [0.1, 0.15) is 11.3 Å². The van der Waals surface area contributed by atoms with E-state index in [1.807, 2.05) is 0 Å². The summed E-state index contributed by atoms with van der Waals surface area (Å²) in [5.74, 6) is 1.01. The molecule has 0 saturated carbocycles. The zero-order chi connectivity index (χ0) is 11.8. The molecule has 3 heterocycles. The standard InChI is InChI=1S/C12H16N4S/c1-8-2-3-11(17-8)10-6-12(15-14-10)16-5-4-9(13)7-16/h2-3,6,9H,4-5,7,13H2,1H3,(H,14,15). The summed E-state index contributed by atoms with van der Waals surface area (Å²) in [6, 6.07) is 6.67. The van der Waals surface area contributed by atoms with Crippen molar-refractivity contribution in [2.24, 2.45) is 5.73 Å². The molecule has 17 heavy (non-hydrogen) atoms. The quantitative estimate of drug-likeness (QED) is 0.854. The maximum atomic E-state index is 5.91. The summed E-state index contributed by atoms with van der Waals surface area (Å²) >= 11 is 1.78. The third-order valence-corrected chi connectivity index (χ3v) is 4.15. The van der Waals surface area contributed by atoms with Gasteiger partial charge in [-0.3, -0.25) is 5.10 Å². The topological polar surface area (TPSA) is 57.9 Å². The van der Waals surface area contributed by atoms with Crippen molar-refractivity contribution in [3.05, 3.63) is 23.1 Å². The van der Waals surface area contributed by atoms with E-state index in [1.165, 1.54) is 9.75 Å². The Morgan fingerprint density at radius 3 is 3.06 bits per heavy atom. The Labute approximate surface area is 104 Å². The predicted molar refractivity (Wildman–Crippen MR) is 71.4 cm³/mol.